The molecule has 2 aromatic rings. The summed E-state index contributed by atoms with van der Waals surface area (Å²) < 4.78 is 10.2. The van der Waals surface area contributed by atoms with Crippen LogP contribution in [0.3, 0.4) is 0 Å². The minimum absolute atomic E-state index is 0.449. The minimum Gasteiger partial charge on any atom is -0.474 e. The third-order valence-corrected chi connectivity index (χ3v) is 2.42. The van der Waals surface area contributed by atoms with Gasteiger partial charge in [-0.2, -0.15) is 9.97 Å². The van der Waals surface area contributed by atoms with Gasteiger partial charge in [-0.1, -0.05) is 11.3 Å². The number of rotatable bonds is 4. The molecule has 0 aliphatic carbocycles. The molecule has 2 rings (SSSR count). The van der Waals surface area contributed by atoms with Gasteiger partial charge in [0.1, 0.15) is 6.61 Å². The minimum atomic E-state index is 0.449. The first-order valence-corrected chi connectivity index (χ1v) is 5.12. The van der Waals surface area contributed by atoms with Gasteiger partial charge in [0.25, 0.3) is 0 Å². The predicted molar refractivity (Wildman–Crippen MR) is 57.0 cm³/mol. The van der Waals surface area contributed by atoms with Gasteiger partial charge in [0, 0.05) is 7.11 Å². The van der Waals surface area contributed by atoms with E-state index in [9.17, 15) is 0 Å². The standard InChI is InChI=1S/C8H10N4O2S/c1-13-2-3-14-5-4-10-6-7(11-5)15-8(9)12-6/h4H,2-3H2,1H3,(H2,9,10,12). The first-order chi connectivity index (χ1) is 7.29. The molecule has 0 atom stereocenters. The molecule has 15 heavy (non-hydrogen) atoms. The fourth-order valence-corrected chi connectivity index (χ4v) is 1.68. The molecular weight excluding hydrogens is 216 g/mol. The Kier molecular flexibility index (Phi) is 2.93. The third-order valence-electron chi connectivity index (χ3n) is 1.66. The first-order valence-electron chi connectivity index (χ1n) is 4.30. The van der Waals surface area contributed by atoms with E-state index in [1.165, 1.54) is 17.5 Å². The molecule has 0 amide bonds. The Morgan fingerprint density at radius 2 is 2.27 bits per heavy atom. The summed E-state index contributed by atoms with van der Waals surface area (Å²) in [6.07, 6.45) is 1.52. The third kappa shape index (κ3) is 2.31. The van der Waals surface area contributed by atoms with Crippen molar-refractivity contribution in [3.8, 4) is 5.88 Å². The molecule has 2 N–H and O–H groups in total. The molecule has 0 radical (unpaired) electrons. The van der Waals surface area contributed by atoms with Crippen molar-refractivity contribution in [2.24, 2.45) is 0 Å². The molecule has 0 saturated carbocycles. The summed E-state index contributed by atoms with van der Waals surface area (Å²) in [5.74, 6) is 0.461. The number of nitrogens with zero attached hydrogens (tertiary/aromatic N) is 3. The van der Waals surface area contributed by atoms with Crippen LogP contribution in [-0.2, 0) is 4.74 Å². The van der Waals surface area contributed by atoms with Crippen LogP contribution < -0.4 is 10.5 Å². The van der Waals surface area contributed by atoms with Crippen molar-refractivity contribution in [3.63, 3.8) is 0 Å². The van der Waals surface area contributed by atoms with E-state index in [1.54, 1.807) is 7.11 Å². The van der Waals surface area contributed by atoms with Gasteiger partial charge in [0.2, 0.25) is 5.88 Å². The number of nitrogen functional groups attached to an aromatic ring is 1. The summed E-state index contributed by atoms with van der Waals surface area (Å²) in [7, 11) is 1.61. The predicted octanol–water partition coefficient (Wildman–Crippen LogP) is 0.694. The lowest BCUT2D eigenvalue weighted by Gasteiger charge is -2.02. The van der Waals surface area contributed by atoms with Crippen LogP contribution in [0.5, 0.6) is 5.88 Å². The van der Waals surface area contributed by atoms with Crippen molar-refractivity contribution >= 4 is 26.9 Å². The normalized spacial score (nSPS) is 10.7. The lowest BCUT2D eigenvalue weighted by molar-refractivity contribution is 0.144. The van der Waals surface area contributed by atoms with Crippen LogP contribution in [0.15, 0.2) is 6.20 Å². The molecule has 0 bridgehead atoms. The molecule has 6 nitrogen and oxygen atoms in total. The number of fused-ring (bicyclic) bond motifs is 1. The second-order valence-corrected chi connectivity index (χ2v) is 3.74. The highest BCUT2D eigenvalue weighted by Crippen LogP contribution is 2.21. The van der Waals surface area contributed by atoms with Crippen molar-refractivity contribution in [1.29, 1.82) is 0 Å². The molecule has 0 fully saturated rings. The van der Waals surface area contributed by atoms with Gasteiger partial charge in [-0.3, -0.25) is 0 Å². The maximum atomic E-state index is 5.53. The maximum absolute atomic E-state index is 5.53. The van der Waals surface area contributed by atoms with Gasteiger partial charge >= 0.3 is 0 Å². The average molecular weight is 226 g/mol. The number of ether oxygens (including phenoxy) is 2. The zero-order valence-electron chi connectivity index (χ0n) is 8.14. The van der Waals surface area contributed by atoms with E-state index < -0.39 is 0 Å². The Bertz CT molecular complexity index is 459. The zero-order chi connectivity index (χ0) is 10.7. The first kappa shape index (κ1) is 10.1. The van der Waals surface area contributed by atoms with E-state index in [4.69, 9.17) is 15.2 Å². The Morgan fingerprint density at radius 3 is 3.07 bits per heavy atom. The fourth-order valence-electron chi connectivity index (χ4n) is 1.02. The number of aromatic nitrogens is 3. The molecular formula is C8H10N4O2S. The molecule has 80 valence electrons. The van der Waals surface area contributed by atoms with E-state index in [0.29, 0.717) is 34.7 Å². The SMILES string of the molecule is COCCOc1cnc2nc(N)sc2n1. The Hall–Kier alpha value is -1.47. The molecule has 7 heteroatoms. The Labute approximate surface area is 90.1 Å². The summed E-state index contributed by atoms with van der Waals surface area (Å²) >= 11 is 1.29. The van der Waals surface area contributed by atoms with Crippen molar-refractivity contribution in [2.45, 2.75) is 0 Å². The monoisotopic (exact) mass is 226 g/mol. The summed E-state index contributed by atoms with van der Waals surface area (Å²) in [5.41, 5.74) is 6.08. The van der Waals surface area contributed by atoms with Gasteiger partial charge in [0.15, 0.2) is 15.6 Å². The largest absolute Gasteiger partial charge is 0.474 e. The molecule has 0 saturated heterocycles. The molecule has 0 spiro atoms. The maximum Gasteiger partial charge on any atom is 0.233 e. The lowest BCUT2D eigenvalue weighted by Crippen LogP contribution is -2.05. The van der Waals surface area contributed by atoms with Crippen LogP contribution in [0.2, 0.25) is 0 Å². The number of methoxy groups -OCH3 is 1. The number of nitrogens with two attached hydrogens (primary N) is 1. The number of hydrogen-bond donors (Lipinski definition) is 1. The summed E-state index contributed by atoms with van der Waals surface area (Å²) in [5, 5.41) is 0.457. The van der Waals surface area contributed by atoms with Crippen molar-refractivity contribution in [1.82, 2.24) is 15.0 Å². The number of hydrogen-bond acceptors (Lipinski definition) is 7. The summed E-state index contributed by atoms with van der Waals surface area (Å²) in [6, 6.07) is 0. The number of thiazole rings is 1. The molecule has 0 aliphatic heterocycles. The van der Waals surface area contributed by atoms with Crippen molar-refractivity contribution in [2.75, 3.05) is 26.1 Å². The van der Waals surface area contributed by atoms with Crippen LogP contribution in [0, 0.1) is 0 Å². The fraction of sp³-hybridized carbons (Fsp3) is 0.375. The Balaban J connectivity index is 2.15. The summed E-state index contributed by atoms with van der Waals surface area (Å²) in [6.45, 7) is 0.968. The molecule has 2 aromatic heterocycles. The highest BCUT2D eigenvalue weighted by atomic mass is 32.1. The Morgan fingerprint density at radius 1 is 1.40 bits per heavy atom. The van der Waals surface area contributed by atoms with E-state index >= 15 is 0 Å². The topological polar surface area (TPSA) is 83.2 Å². The highest BCUT2D eigenvalue weighted by Gasteiger charge is 2.05. The zero-order valence-corrected chi connectivity index (χ0v) is 8.95. The van der Waals surface area contributed by atoms with Crippen LogP contribution in [0.25, 0.3) is 10.5 Å². The second kappa shape index (κ2) is 4.37. The van der Waals surface area contributed by atoms with E-state index in [0.717, 1.165) is 0 Å². The lowest BCUT2D eigenvalue weighted by atomic mass is 10.6. The average Bonchev–Trinajstić information content (AvgIpc) is 2.57. The number of anilines is 1. The van der Waals surface area contributed by atoms with Crippen LogP contribution in [0.4, 0.5) is 5.13 Å². The van der Waals surface area contributed by atoms with Gasteiger partial charge in [-0.25, -0.2) is 4.98 Å². The van der Waals surface area contributed by atoms with Gasteiger partial charge < -0.3 is 15.2 Å². The van der Waals surface area contributed by atoms with E-state index in [-0.39, 0.29) is 0 Å². The van der Waals surface area contributed by atoms with Gasteiger partial charge in [0.05, 0.1) is 12.8 Å². The molecule has 0 unspecified atom stereocenters. The van der Waals surface area contributed by atoms with Crippen LogP contribution in [-0.4, -0.2) is 35.3 Å². The second-order valence-electron chi connectivity index (χ2n) is 2.73. The summed E-state index contributed by atoms with van der Waals surface area (Å²) in [4.78, 5) is 13.0. The van der Waals surface area contributed by atoms with Crippen LogP contribution in [0.1, 0.15) is 0 Å². The molecule has 2 heterocycles. The van der Waals surface area contributed by atoms with Gasteiger partial charge in [-0.05, 0) is 0 Å². The van der Waals surface area contributed by atoms with E-state index in [1.807, 2.05) is 0 Å². The molecule has 0 aliphatic rings. The molecule has 0 aromatic carbocycles. The van der Waals surface area contributed by atoms with E-state index in [2.05, 4.69) is 15.0 Å². The van der Waals surface area contributed by atoms with Crippen molar-refractivity contribution in [3.05, 3.63) is 6.20 Å². The highest BCUT2D eigenvalue weighted by molar-refractivity contribution is 7.21. The van der Waals surface area contributed by atoms with Gasteiger partial charge in [-0.15, -0.1) is 0 Å². The van der Waals surface area contributed by atoms with Crippen LogP contribution >= 0.6 is 11.3 Å². The smallest absolute Gasteiger partial charge is 0.233 e. The van der Waals surface area contributed by atoms with Crippen molar-refractivity contribution < 1.29 is 9.47 Å². The quantitative estimate of drug-likeness (QED) is 0.772.